The third-order valence-corrected chi connectivity index (χ3v) is 4.06. The van der Waals surface area contributed by atoms with Crippen molar-refractivity contribution in [2.45, 2.75) is 39.8 Å². The van der Waals surface area contributed by atoms with Crippen LogP contribution in [-0.2, 0) is 0 Å². The minimum Gasteiger partial charge on any atom is -0.494 e. The van der Waals surface area contributed by atoms with Crippen LogP contribution < -0.4 is 4.74 Å². The van der Waals surface area contributed by atoms with Gasteiger partial charge in [0.05, 0.1) is 7.11 Å². The van der Waals surface area contributed by atoms with Crippen LogP contribution in [0.15, 0.2) is 36.4 Å². The van der Waals surface area contributed by atoms with Gasteiger partial charge in [-0.1, -0.05) is 18.2 Å². The zero-order chi connectivity index (χ0) is 19.4. The molecule has 0 saturated heterocycles. The Kier molecular flexibility index (Phi) is 5.97. The molecule has 6 heteroatoms. The number of benzene rings is 1. The maximum atomic E-state index is 13.2. The van der Waals surface area contributed by atoms with E-state index in [1.807, 2.05) is 27.7 Å². The maximum absolute atomic E-state index is 13.2. The van der Waals surface area contributed by atoms with E-state index < -0.39 is 5.97 Å². The second-order valence-electron chi connectivity index (χ2n) is 6.50. The summed E-state index contributed by atoms with van der Waals surface area (Å²) in [6, 6.07) is 10.0. The van der Waals surface area contributed by atoms with E-state index >= 15 is 0 Å². The molecule has 0 atom stereocenters. The first-order valence-corrected chi connectivity index (χ1v) is 8.48. The molecule has 0 saturated carbocycles. The minimum absolute atomic E-state index is 0.0239. The highest BCUT2D eigenvalue weighted by Gasteiger charge is 2.25. The number of carbonyl (C=O) groups excluding carboxylic acids is 1. The van der Waals surface area contributed by atoms with Crippen LogP contribution in [0.1, 0.15) is 48.5 Å². The fourth-order valence-corrected chi connectivity index (χ4v) is 3.00. The van der Waals surface area contributed by atoms with Crippen LogP contribution in [0.4, 0.5) is 0 Å². The van der Waals surface area contributed by atoms with E-state index in [2.05, 4.69) is 4.98 Å². The molecule has 1 aromatic carbocycles. The molecule has 2 rings (SSSR count). The lowest BCUT2D eigenvalue weighted by atomic mass is 10.0. The molecule has 0 aliphatic carbocycles. The van der Waals surface area contributed by atoms with Gasteiger partial charge in [0.25, 0.3) is 5.91 Å². The quantitative estimate of drug-likeness (QED) is 0.853. The van der Waals surface area contributed by atoms with E-state index in [0.717, 1.165) is 0 Å². The Balaban J connectivity index is 2.65. The minimum atomic E-state index is -1.14. The molecule has 0 spiro atoms. The molecule has 1 amide bonds. The molecule has 6 nitrogen and oxygen atoms in total. The Labute approximate surface area is 153 Å². The lowest BCUT2D eigenvalue weighted by molar-refractivity contribution is 0.0643. The van der Waals surface area contributed by atoms with Gasteiger partial charge in [0.2, 0.25) is 0 Å². The predicted molar refractivity (Wildman–Crippen MR) is 99.6 cm³/mol. The standard InChI is InChI=1S/C20H24N2O4/c1-12(2)22(13(3)4)19(23)15-9-7-6-8-14(15)18-17(26-5)11-10-16(21-18)20(24)25/h6-13H,1-5H3,(H,24,25). The molecule has 138 valence electrons. The number of hydrogen-bond acceptors (Lipinski definition) is 4. The van der Waals surface area contributed by atoms with Crippen molar-refractivity contribution in [3.63, 3.8) is 0 Å². The Hall–Kier alpha value is -2.89. The van der Waals surface area contributed by atoms with Gasteiger partial charge in [-0.05, 0) is 45.9 Å². The van der Waals surface area contributed by atoms with Crippen molar-refractivity contribution in [1.82, 2.24) is 9.88 Å². The number of nitrogens with zero attached hydrogens (tertiary/aromatic N) is 2. The summed E-state index contributed by atoms with van der Waals surface area (Å²) in [6.45, 7) is 7.85. The van der Waals surface area contributed by atoms with Crippen LogP contribution >= 0.6 is 0 Å². The first kappa shape index (κ1) is 19.4. The number of aromatic nitrogens is 1. The van der Waals surface area contributed by atoms with Gasteiger partial charge in [-0.15, -0.1) is 0 Å². The largest absolute Gasteiger partial charge is 0.494 e. The van der Waals surface area contributed by atoms with Gasteiger partial charge in [-0.2, -0.15) is 0 Å². The van der Waals surface area contributed by atoms with E-state index in [0.29, 0.717) is 22.6 Å². The van der Waals surface area contributed by atoms with E-state index in [1.54, 1.807) is 35.2 Å². The fraction of sp³-hybridized carbons (Fsp3) is 0.350. The number of ether oxygens (including phenoxy) is 1. The predicted octanol–water partition coefficient (Wildman–Crippen LogP) is 3.71. The number of hydrogen-bond donors (Lipinski definition) is 1. The number of aromatic carboxylic acids is 1. The van der Waals surface area contributed by atoms with Crippen LogP contribution in [0.25, 0.3) is 11.3 Å². The van der Waals surface area contributed by atoms with Crippen molar-refractivity contribution < 1.29 is 19.4 Å². The summed E-state index contributed by atoms with van der Waals surface area (Å²) in [5.41, 5.74) is 1.24. The van der Waals surface area contributed by atoms with Gasteiger partial charge >= 0.3 is 5.97 Å². The number of methoxy groups -OCH3 is 1. The number of carboxylic acids is 1. The normalized spacial score (nSPS) is 10.9. The SMILES string of the molecule is COc1ccc(C(=O)O)nc1-c1ccccc1C(=O)N(C(C)C)C(C)C. The summed E-state index contributed by atoms with van der Waals surface area (Å²) in [5, 5.41) is 9.25. The van der Waals surface area contributed by atoms with E-state index in [1.165, 1.54) is 13.2 Å². The van der Waals surface area contributed by atoms with Crippen molar-refractivity contribution in [2.75, 3.05) is 7.11 Å². The molecule has 2 aromatic rings. The fourth-order valence-electron chi connectivity index (χ4n) is 3.00. The zero-order valence-corrected chi connectivity index (χ0v) is 15.7. The second kappa shape index (κ2) is 7.99. The second-order valence-corrected chi connectivity index (χ2v) is 6.50. The summed E-state index contributed by atoms with van der Waals surface area (Å²) in [5.74, 6) is -0.852. The van der Waals surface area contributed by atoms with Crippen LogP contribution in [0.3, 0.4) is 0 Å². The van der Waals surface area contributed by atoms with Gasteiger partial charge in [-0.25, -0.2) is 9.78 Å². The van der Waals surface area contributed by atoms with Gasteiger partial charge in [-0.3, -0.25) is 4.79 Å². The van der Waals surface area contributed by atoms with Crippen molar-refractivity contribution in [3.8, 4) is 17.0 Å². The summed E-state index contributed by atoms with van der Waals surface area (Å²) in [6.07, 6.45) is 0. The highest BCUT2D eigenvalue weighted by molar-refractivity contribution is 6.01. The smallest absolute Gasteiger partial charge is 0.354 e. The zero-order valence-electron chi connectivity index (χ0n) is 15.7. The molecule has 0 unspecified atom stereocenters. The lowest BCUT2D eigenvalue weighted by Gasteiger charge is -2.31. The monoisotopic (exact) mass is 356 g/mol. The van der Waals surface area contributed by atoms with Crippen molar-refractivity contribution in [1.29, 1.82) is 0 Å². The molecule has 0 bridgehead atoms. The van der Waals surface area contributed by atoms with Gasteiger partial charge < -0.3 is 14.7 Å². The molecule has 1 N–H and O–H groups in total. The molecule has 0 radical (unpaired) electrons. The highest BCUT2D eigenvalue weighted by atomic mass is 16.5. The Morgan fingerprint density at radius 2 is 1.65 bits per heavy atom. The Morgan fingerprint density at radius 3 is 2.19 bits per heavy atom. The van der Waals surface area contributed by atoms with Gasteiger partial charge in [0.15, 0.2) is 0 Å². The first-order chi connectivity index (χ1) is 12.3. The van der Waals surface area contributed by atoms with Crippen LogP contribution in [0, 0.1) is 0 Å². The molecule has 0 fully saturated rings. The highest BCUT2D eigenvalue weighted by Crippen LogP contribution is 2.32. The van der Waals surface area contributed by atoms with Crippen molar-refractivity contribution in [2.24, 2.45) is 0 Å². The van der Waals surface area contributed by atoms with Crippen LogP contribution in [-0.4, -0.2) is 46.1 Å². The van der Waals surface area contributed by atoms with E-state index in [4.69, 9.17) is 4.74 Å². The van der Waals surface area contributed by atoms with Crippen molar-refractivity contribution in [3.05, 3.63) is 47.7 Å². The lowest BCUT2D eigenvalue weighted by Crippen LogP contribution is -2.42. The summed E-state index contributed by atoms with van der Waals surface area (Å²) in [7, 11) is 1.49. The molecular formula is C20H24N2O4. The Bertz CT molecular complexity index is 807. The molecule has 0 aliphatic heterocycles. The number of pyridine rings is 1. The molecular weight excluding hydrogens is 332 g/mol. The summed E-state index contributed by atoms with van der Waals surface area (Å²) < 4.78 is 5.34. The van der Waals surface area contributed by atoms with Crippen LogP contribution in [0.2, 0.25) is 0 Å². The van der Waals surface area contributed by atoms with E-state index in [9.17, 15) is 14.7 Å². The molecule has 0 aliphatic rings. The number of amides is 1. The molecule has 26 heavy (non-hydrogen) atoms. The van der Waals surface area contributed by atoms with Gasteiger partial charge in [0.1, 0.15) is 17.1 Å². The Morgan fingerprint density at radius 1 is 1.04 bits per heavy atom. The summed E-state index contributed by atoms with van der Waals surface area (Å²) >= 11 is 0. The number of carboxylic acid groups (broad SMARTS) is 1. The van der Waals surface area contributed by atoms with E-state index in [-0.39, 0.29) is 23.7 Å². The molecule has 1 aromatic heterocycles. The summed E-state index contributed by atoms with van der Waals surface area (Å²) in [4.78, 5) is 30.5. The maximum Gasteiger partial charge on any atom is 0.354 e. The average molecular weight is 356 g/mol. The number of rotatable bonds is 6. The molecule has 1 heterocycles. The first-order valence-electron chi connectivity index (χ1n) is 8.48. The van der Waals surface area contributed by atoms with Crippen LogP contribution in [0.5, 0.6) is 5.75 Å². The third-order valence-electron chi connectivity index (χ3n) is 4.06. The topological polar surface area (TPSA) is 79.7 Å². The third kappa shape index (κ3) is 3.85. The number of carbonyl (C=O) groups is 2. The van der Waals surface area contributed by atoms with Crippen molar-refractivity contribution >= 4 is 11.9 Å². The van der Waals surface area contributed by atoms with Gasteiger partial charge in [0, 0.05) is 23.2 Å². The average Bonchev–Trinajstić information content (AvgIpc) is 2.60.